The Morgan fingerprint density at radius 1 is 0.800 bits per heavy atom. The molecule has 0 aliphatic rings. The first kappa shape index (κ1) is 29.5. The Bertz CT molecular complexity index is 149. The summed E-state index contributed by atoms with van der Waals surface area (Å²) >= 11 is 0. The molecule has 2 amide bonds. The van der Waals surface area contributed by atoms with E-state index < -0.39 is 0 Å². The van der Waals surface area contributed by atoms with E-state index in [9.17, 15) is 9.59 Å². The number of primary amides is 2. The molecule has 4 N–H and O–H groups in total. The number of amides is 2. The predicted octanol–water partition coefficient (Wildman–Crippen LogP) is -5.74. The van der Waals surface area contributed by atoms with E-state index in [1.807, 2.05) is 0 Å². The summed E-state index contributed by atoms with van der Waals surface area (Å²) in [7, 11) is 0. The average Bonchev–Trinajstić information content (AvgIpc) is 1.88. The van der Waals surface area contributed by atoms with E-state index in [-0.39, 0.29) is 70.2 Å². The van der Waals surface area contributed by atoms with Crippen LogP contribution in [0, 0.1) is 11.8 Å². The number of rotatable bonds is 2. The Hall–Kier alpha value is 0.234. The third-order valence-electron chi connectivity index (χ3n) is 1.14. The molecule has 0 rings (SSSR count). The van der Waals surface area contributed by atoms with Crippen molar-refractivity contribution in [1.82, 2.24) is 0 Å². The van der Waals surface area contributed by atoms with Crippen LogP contribution in [-0.2, 0) is 31.3 Å². The van der Waals surface area contributed by atoms with Crippen molar-refractivity contribution in [3.8, 4) is 0 Å². The molecule has 0 spiro atoms. The molecule has 90 valence electrons. The van der Waals surface area contributed by atoms with Crippen LogP contribution in [0.2, 0.25) is 0 Å². The summed E-state index contributed by atoms with van der Waals surface area (Å²) < 4.78 is 0. The molecule has 0 saturated heterocycles. The van der Waals surface area contributed by atoms with Gasteiger partial charge in [-0.25, -0.2) is 0 Å². The molecule has 15 heavy (non-hydrogen) atoms. The molecular formula is C8H18Cl2N2O2Ti. The molecule has 0 aromatic heterocycles. The molecule has 0 unspecified atom stereocenters. The predicted molar refractivity (Wildman–Crippen MR) is 48.1 cm³/mol. The zero-order valence-electron chi connectivity index (χ0n) is 9.38. The van der Waals surface area contributed by atoms with Crippen molar-refractivity contribution in [3.05, 3.63) is 0 Å². The number of hydrogen-bond acceptors (Lipinski definition) is 2. The second-order valence-electron chi connectivity index (χ2n) is 3.11. The molecule has 0 atom stereocenters. The Kier molecular flexibility index (Phi) is 32.7. The van der Waals surface area contributed by atoms with E-state index in [0.29, 0.717) is 0 Å². The van der Waals surface area contributed by atoms with Gasteiger partial charge < -0.3 is 36.3 Å². The van der Waals surface area contributed by atoms with E-state index in [1.165, 1.54) is 0 Å². The largest absolute Gasteiger partial charge is 2.00 e. The van der Waals surface area contributed by atoms with Crippen LogP contribution in [0.4, 0.5) is 0 Å². The molecule has 0 heterocycles. The normalized spacial score (nSPS) is 7.33. The Labute approximate surface area is 119 Å². The molecule has 4 nitrogen and oxygen atoms in total. The zero-order valence-corrected chi connectivity index (χ0v) is 12.5. The van der Waals surface area contributed by atoms with Crippen molar-refractivity contribution in [2.75, 3.05) is 0 Å². The van der Waals surface area contributed by atoms with Crippen molar-refractivity contribution in [2.45, 2.75) is 27.7 Å². The minimum Gasteiger partial charge on any atom is -1.00 e. The molecule has 0 radical (unpaired) electrons. The van der Waals surface area contributed by atoms with Crippen LogP contribution in [-0.4, -0.2) is 11.8 Å². The minimum atomic E-state index is -0.241. The molecular weight excluding hydrogens is 275 g/mol. The standard InChI is InChI=1S/2C4H9NO.2ClH.Ti/c2*1-3(2)4(5)6;;;/h2*3H,1-2H3,(H2,5,6);2*1H;/q;;;;+2/p-2. The third kappa shape index (κ3) is 31.4. The molecule has 0 fully saturated rings. The van der Waals surface area contributed by atoms with Gasteiger partial charge in [0.2, 0.25) is 11.8 Å². The summed E-state index contributed by atoms with van der Waals surface area (Å²) in [4.78, 5) is 19.8. The fraction of sp³-hybridized carbons (Fsp3) is 0.750. The number of carbonyl (C=O) groups excluding carboxylic acids is 2. The smallest absolute Gasteiger partial charge is 1.00 e. The molecule has 0 aromatic rings. The second kappa shape index (κ2) is 16.7. The van der Waals surface area contributed by atoms with Gasteiger partial charge >= 0.3 is 21.7 Å². The summed E-state index contributed by atoms with van der Waals surface area (Å²) in [5.41, 5.74) is 9.59. The molecule has 0 aliphatic carbocycles. The van der Waals surface area contributed by atoms with E-state index >= 15 is 0 Å². The number of halogens is 2. The fourth-order valence-corrected chi connectivity index (χ4v) is 0. The number of nitrogens with two attached hydrogens (primary N) is 2. The summed E-state index contributed by atoms with van der Waals surface area (Å²) in [5, 5.41) is 0. The van der Waals surface area contributed by atoms with Crippen LogP contribution in [0.3, 0.4) is 0 Å². The van der Waals surface area contributed by atoms with Crippen LogP contribution in [0.5, 0.6) is 0 Å². The molecule has 0 bridgehead atoms. The maximum atomic E-state index is 9.92. The van der Waals surface area contributed by atoms with Gasteiger partial charge in [-0.3, -0.25) is 9.59 Å². The number of carbonyl (C=O) groups is 2. The van der Waals surface area contributed by atoms with Gasteiger partial charge in [0.1, 0.15) is 0 Å². The summed E-state index contributed by atoms with van der Waals surface area (Å²) in [5.74, 6) is -0.500. The Morgan fingerprint density at radius 2 is 0.867 bits per heavy atom. The third-order valence-corrected chi connectivity index (χ3v) is 1.14. The van der Waals surface area contributed by atoms with E-state index in [1.54, 1.807) is 27.7 Å². The first-order valence-corrected chi connectivity index (χ1v) is 3.87. The van der Waals surface area contributed by atoms with E-state index in [4.69, 9.17) is 11.5 Å². The van der Waals surface area contributed by atoms with E-state index in [2.05, 4.69) is 0 Å². The van der Waals surface area contributed by atoms with Crippen LogP contribution >= 0.6 is 0 Å². The van der Waals surface area contributed by atoms with Gasteiger partial charge in [0.25, 0.3) is 0 Å². The summed E-state index contributed by atoms with van der Waals surface area (Å²) in [6.07, 6.45) is 0. The molecule has 0 aromatic carbocycles. The first-order valence-electron chi connectivity index (χ1n) is 3.87. The van der Waals surface area contributed by atoms with Crippen LogP contribution in [0.15, 0.2) is 0 Å². The SMILES string of the molecule is CC(C)C(N)=O.CC(C)C(N)=O.[Cl-].[Cl-].[Ti+2]. The molecule has 0 aliphatic heterocycles. The first-order chi connectivity index (χ1) is 5.29. The quantitative estimate of drug-likeness (QED) is 0.497. The van der Waals surface area contributed by atoms with Gasteiger partial charge in [-0.05, 0) is 0 Å². The Morgan fingerprint density at radius 3 is 0.867 bits per heavy atom. The average molecular weight is 293 g/mol. The second-order valence-corrected chi connectivity index (χ2v) is 3.11. The summed E-state index contributed by atoms with van der Waals surface area (Å²) in [6.45, 7) is 7.06. The maximum absolute atomic E-state index is 9.92. The van der Waals surface area contributed by atoms with Gasteiger partial charge in [-0.15, -0.1) is 0 Å². The number of hydrogen-bond donors (Lipinski definition) is 2. The molecule has 0 saturated carbocycles. The zero-order chi connectivity index (χ0) is 10.3. The monoisotopic (exact) mass is 292 g/mol. The van der Waals surface area contributed by atoms with E-state index in [0.717, 1.165) is 0 Å². The summed E-state index contributed by atoms with van der Waals surface area (Å²) in [6, 6.07) is 0. The van der Waals surface area contributed by atoms with Crippen molar-refractivity contribution in [3.63, 3.8) is 0 Å². The van der Waals surface area contributed by atoms with Crippen LogP contribution in [0.1, 0.15) is 27.7 Å². The van der Waals surface area contributed by atoms with Gasteiger partial charge in [-0.2, -0.15) is 0 Å². The molecule has 7 heteroatoms. The topological polar surface area (TPSA) is 86.2 Å². The van der Waals surface area contributed by atoms with Crippen molar-refractivity contribution in [2.24, 2.45) is 23.3 Å². The van der Waals surface area contributed by atoms with Crippen LogP contribution < -0.4 is 36.3 Å². The van der Waals surface area contributed by atoms with Gasteiger partial charge in [0.05, 0.1) is 0 Å². The van der Waals surface area contributed by atoms with Crippen molar-refractivity contribution in [1.29, 1.82) is 0 Å². The fourth-order valence-electron chi connectivity index (χ4n) is 0. The van der Waals surface area contributed by atoms with Crippen LogP contribution in [0.25, 0.3) is 0 Å². The van der Waals surface area contributed by atoms with Crippen molar-refractivity contribution < 1.29 is 56.1 Å². The minimum absolute atomic E-state index is 0. The van der Waals surface area contributed by atoms with Crippen molar-refractivity contribution >= 4 is 11.8 Å². The Balaban J connectivity index is -0.0000000370. The van der Waals surface area contributed by atoms with Gasteiger partial charge in [-0.1, -0.05) is 27.7 Å². The van der Waals surface area contributed by atoms with Gasteiger partial charge in [0, 0.05) is 11.8 Å². The van der Waals surface area contributed by atoms with Gasteiger partial charge in [0.15, 0.2) is 0 Å². The maximum Gasteiger partial charge on any atom is 2.00 e.